The number of rotatable bonds is 4. The molecular weight excluding hydrogens is 321 g/mol. The molecule has 1 aromatic carbocycles. The van der Waals surface area contributed by atoms with Crippen LogP contribution in [0.15, 0.2) is 35.1 Å². The molecule has 0 fully saturated rings. The van der Waals surface area contributed by atoms with Gasteiger partial charge in [0.15, 0.2) is 0 Å². The molecule has 3 nitrogen and oxygen atoms in total. The first kappa shape index (κ1) is 15.2. The van der Waals surface area contributed by atoms with Gasteiger partial charge in [0.2, 0.25) is 0 Å². The second kappa shape index (κ2) is 6.06. The fourth-order valence-electron chi connectivity index (χ4n) is 1.84. The highest BCUT2D eigenvalue weighted by Crippen LogP contribution is 2.16. The maximum absolute atomic E-state index is 13.3. The maximum atomic E-state index is 13.3. The lowest BCUT2D eigenvalue weighted by atomic mass is 10.1. The average molecular weight is 340 g/mol. The zero-order valence-electron chi connectivity index (χ0n) is 12.0. The molecule has 108 valence electrons. The topological polar surface area (TPSA) is 29.9 Å². The van der Waals surface area contributed by atoms with Crippen LogP contribution in [-0.2, 0) is 13.1 Å². The second-order valence-corrected chi connectivity index (χ2v) is 6.84. The minimum absolute atomic E-state index is 0.0789. The molecule has 0 aliphatic heterocycles. The van der Waals surface area contributed by atoms with Crippen molar-refractivity contribution in [2.75, 3.05) is 0 Å². The van der Waals surface area contributed by atoms with Gasteiger partial charge in [-0.2, -0.15) is 5.10 Å². The molecule has 0 amide bonds. The first-order valence-corrected chi connectivity index (χ1v) is 7.32. The Balaban J connectivity index is 2.02. The lowest BCUT2D eigenvalue weighted by Crippen LogP contribution is -2.34. The Morgan fingerprint density at radius 2 is 2.00 bits per heavy atom. The van der Waals surface area contributed by atoms with Gasteiger partial charge in [-0.1, -0.05) is 15.9 Å². The Labute approximate surface area is 127 Å². The van der Waals surface area contributed by atoms with Crippen LogP contribution in [0.3, 0.4) is 0 Å². The Kier molecular flexibility index (Phi) is 4.60. The van der Waals surface area contributed by atoms with E-state index in [1.54, 1.807) is 0 Å². The third-order valence-corrected chi connectivity index (χ3v) is 3.23. The lowest BCUT2D eigenvalue weighted by molar-refractivity contribution is 0.424. The van der Waals surface area contributed by atoms with Gasteiger partial charge < -0.3 is 5.32 Å². The summed E-state index contributed by atoms with van der Waals surface area (Å²) in [6, 6.07) is 4.88. The lowest BCUT2D eigenvalue weighted by Gasteiger charge is -2.19. The number of halogens is 2. The number of nitrogens with zero attached hydrogens (tertiary/aromatic N) is 2. The van der Waals surface area contributed by atoms with Gasteiger partial charge in [0, 0.05) is 28.3 Å². The largest absolute Gasteiger partial charge is 0.308 e. The van der Waals surface area contributed by atoms with Crippen LogP contribution in [0.25, 0.3) is 0 Å². The molecule has 0 saturated carbocycles. The van der Waals surface area contributed by atoms with Crippen molar-refractivity contribution in [3.63, 3.8) is 0 Å². The van der Waals surface area contributed by atoms with E-state index in [4.69, 9.17) is 0 Å². The fraction of sp³-hybridized carbons (Fsp3) is 0.400. The van der Waals surface area contributed by atoms with E-state index in [0.29, 0.717) is 6.54 Å². The maximum Gasteiger partial charge on any atom is 0.124 e. The van der Waals surface area contributed by atoms with Gasteiger partial charge >= 0.3 is 0 Å². The third-order valence-electron chi connectivity index (χ3n) is 2.78. The second-order valence-electron chi connectivity index (χ2n) is 5.93. The van der Waals surface area contributed by atoms with E-state index < -0.39 is 0 Å². The van der Waals surface area contributed by atoms with Gasteiger partial charge in [0.1, 0.15) is 5.82 Å². The monoisotopic (exact) mass is 339 g/mol. The molecular formula is C15H19BrFN3. The summed E-state index contributed by atoms with van der Waals surface area (Å²) in [5.41, 5.74) is 2.08. The molecule has 0 bridgehead atoms. The van der Waals surface area contributed by atoms with E-state index in [0.717, 1.165) is 22.1 Å². The molecule has 0 radical (unpaired) electrons. The van der Waals surface area contributed by atoms with Crippen LogP contribution in [0.1, 0.15) is 31.9 Å². The van der Waals surface area contributed by atoms with Crippen LogP contribution >= 0.6 is 15.9 Å². The number of aromatic nitrogens is 2. The van der Waals surface area contributed by atoms with Crippen molar-refractivity contribution in [2.24, 2.45) is 0 Å². The van der Waals surface area contributed by atoms with Crippen molar-refractivity contribution >= 4 is 15.9 Å². The Morgan fingerprint density at radius 1 is 1.25 bits per heavy atom. The highest BCUT2D eigenvalue weighted by atomic mass is 79.9. The highest BCUT2D eigenvalue weighted by molar-refractivity contribution is 9.10. The van der Waals surface area contributed by atoms with Gasteiger partial charge in [-0.05, 0) is 44.5 Å². The molecule has 20 heavy (non-hydrogen) atoms. The van der Waals surface area contributed by atoms with Crippen LogP contribution in [-0.4, -0.2) is 15.3 Å². The van der Waals surface area contributed by atoms with Gasteiger partial charge in [-0.15, -0.1) is 0 Å². The highest BCUT2D eigenvalue weighted by Gasteiger charge is 2.09. The first-order valence-electron chi connectivity index (χ1n) is 6.53. The summed E-state index contributed by atoms with van der Waals surface area (Å²) in [5.74, 6) is -0.240. The summed E-state index contributed by atoms with van der Waals surface area (Å²) in [4.78, 5) is 0. The van der Waals surface area contributed by atoms with Crippen molar-refractivity contribution < 1.29 is 4.39 Å². The number of hydrogen-bond donors (Lipinski definition) is 1. The fourth-order valence-corrected chi connectivity index (χ4v) is 2.35. The van der Waals surface area contributed by atoms with Crippen LogP contribution in [0.2, 0.25) is 0 Å². The molecule has 5 heteroatoms. The van der Waals surface area contributed by atoms with Crippen LogP contribution < -0.4 is 5.32 Å². The van der Waals surface area contributed by atoms with Crippen LogP contribution in [0.5, 0.6) is 0 Å². The SMILES string of the molecule is CC(C)(C)NCc1cnn(Cc2cc(F)cc(Br)c2)c1. The Hall–Kier alpha value is -1.20. The zero-order valence-corrected chi connectivity index (χ0v) is 13.5. The molecule has 0 aliphatic carbocycles. The molecule has 2 rings (SSSR count). The van der Waals surface area contributed by atoms with Crippen molar-refractivity contribution in [2.45, 2.75) is 39.4 Å². The average Bonchev–Trinajstić information content (AvgIpc) is 2.72. The molecule has 1 N–H and O–H groups in total. The van der Waals surface area contributed by atoms with E-state index in [9.17, 15) is 4.39 Å². The molecule has 0 saturated heterocycles. The zero-order chi connectivity index (χ0) is 14.8. The van der Waals surface area contributed by atoms with Crippen molar-refractivity contribution in [3.05, 3.63) is 52.0 Å². The van der Waals surface area contributed by atoms with Crippen molar-refractivity contribution in [3.8, 4) is 0 Å². The van der Waals surface area contributed by atoms with Gasteiger partial charge in [0.25, 0.3) is 0 Å². The minimum atomic E-state index is -0.240. The quantitative estimate of drug-likeness (QED) is 0.919. The summed E-state index contributed by atoms with van der Waals surface area (Å²) in [6.45, 7) is 7.72. The number of hydrogen-bond acceptors (Lipinski definition) is 2. The molecule has 0 unspecified atom stereocenters. The van der Waals surface area contributed by atoms with E-state index in [-0.39, 0.29) is 11.4 Å². The van der Waals surface area contributed by atoms with Crippen molar-refractivity contribution in [1.82, 2.24) is 15.1 Å². The van der Waals surface area contributed by atoms with E-state index >= 15 is 0 Å². The predicted molar refractivity (Wildman–Crippen MR) is 82.0 cm³/mol. The first-order chi connectivity index (χ1) is 9.32. The third kappa shape index (κ3) is 4.72. The number of nitrogens with one attached hydrogen (secondary N) is 1. The molecule has 0 aliphatic rings. The van der Waals surface area contributed by atoms with Gasteiger partial charge in [-0.3, -0.25) is 4.68 Å². The molecule has 0 spiro atoms. The summed E-state index contributed by atoms with van der Waals surface area (Å²) in [5, 5.41) is 7.72. The van der Waals surface area contributed by atoms with Crippen molar-refractivity contribution in [1.29, 1.82) is 0 Å². The standard InChI is InChI=1S/C15H19BrFN3/c1-15(2,3)18-7-12-8-19-20(10-12)9-11-4-13(16)6-14(17)5-11/h4-6,8,10,18H,7,9H2,1-3H3. The Bertz CT molecular complexity index is 567. The Morgan fingerprint density at radius 3 is 2.65 bits per heavy atom. The summed E-state index contributed by atoms with van der Waals surface area (Å²) < 4.78 is 15.9. The van der Waals surface area contributed by atoms with Gasteiger partial charge in [-0.25, -0.2) is 4.39 Å². The normalized spacial score (nSPS) is 11.8. The predicted octanol–water partition coefficient (Wildman–Crippen LogP) is 3.72. The van der Waals surface area contributed by atoms with Gasteiger partial charge in [0.05, 0.1) is 12.7 Å². The molecule has 2 aromatic rings. The van der Waals surface area contributed by atoms with E-state index in [1.165, 1.54) is 12.1 Å². The molecule has 1 aromatic heterocycles. The molecule has 0 atom stereocenters. The summed E-state index contributed by atoms with van der Waals surface area (Å²) in [6.07, 6.45) is 3.82. The van der Waals surface area contributed by atoms with E-state index in [1.807, 2.05) is 23.1 Å². The van der Waals surface area contributed by atoms with Crippen LogP contribution in [0, 0.1) is 5.82 Å². The summed E-state index contributed by atoms with van der Waals surface area (Å²) in [7, 11) is 0. The summed E-state index contributed by atoms with van der Waals surface area (Å²) >= 11 is 3.30. The molecule has 1 heterocycles. The minimum Gasteiger partial charge on any atom is -0.308 e. The van der Waals surface area contributed by atoms with E-state index in [2.05, 4.69) is 47.1 Å². The smallest absolute Gasteiger partial charge is 0.124 e. The number of benzene rings is 1. The van der Waals surface area contributed by atoms with Crippen LogP contribution in [0.4, 0.5) is 4.39 Å².